The Kier molecular flexibility index (Phi) is 6.81. The standard InChI is InChI=1S/C26H30N6O2S/c1-30-15-13-20(14-16-30)19-7-9-22(10-8-19)28-26-27-17-23-11-12-25(32(23)29-26)24-6-4-3-5-21(24)18-31(2)35(33)34/h3-12,17,20,35H,13-16,18H2,1-2H3,(H,28,29). The maximum absolute atomic E-state index is 11.4. The minimum absolute atomic E-state index is 0.294. The van der Waals surface area contributed by atoms with Gasteiger partial charge in [-0.25, -0.2) is 22.2 Å². The fourth-order valence-electron chi connectivity index (χ4n) is 4.68. The Hall–Kier alpha value is -3.27. The van der Waals surface area contributed by atoms with E-state index in [2.05, 4.69) is 46.5 Å². The molecule has 0 amide bonds. The highest BCUT2D eigenvalue weighted by atomic mass is 32.2. The van der Waals surface area contributed by atoms with Crippen LogP contribution in [0.4, 0.5) is 11.6 Å². The first-order valence-corrected chi connectivity index (χ1v) is 12.9. The molecule has 1 aliphatic rings. The molecule has 1 fully saturated rings. The van der Waals surface area contributed by atoms with Crippen LogP contribution in [0.5, 0.6) is 0 Å². The van der Waals surface area contributed by atoms with Gasteiger partial charge in [-0.3, -0.25) is 0 Å². The zero-order valence-electron chi connectivity index (χ0n) is 20.0. The van der Waals surface area contributed by atoms with E-state index in [4.69, 9.17) is 5.10 Å². The molecule has 0 unspecified atom stereocenters. The van der Waals surface area contributed by atoms with Gasteiger partial charge in [-0.15, -0.1) is 5.10 Å². The molecule has 4 aromatic rings. The number of nitrogens with zero attached hydrogens (tertiary/aromatic N) is 5. The van der Waals surface area contributed by atoms with Gasteiger partial charge in [-0.1, -0.05) is 36.4 Å². The number of aromatic nitrogens is 3. The predicted molar refractivity (Wildman–Crippen MR) is 139 cm³/mol. The molecule has 1 saturated heterocycles. The molecule has 0 bridgehead atoms. The number of hydrogen-bond donors (Lipinski definition) is 2. The van der Waals surface area contributed by atoms with Crippen molar-refractivity contribution in [2.24, 2.45) is 0 Å². The number of nitrogens with one attached hydrogen (secondary N) is 1. The van der Waals surface area contributed by atoms with Crippen LogP contribution >= 0.6 is 0 Å². The van der Waals surface area contributed by atoms with Crippen LogP contribution in [-0.4, -0.2) is 59.4 Å². The summed E-state index contributed by atoms with van der Waals surface area (Å²) in [5, 5.41) is 8.06. The number of anilines is 2. The lowest BCUT2D eigenvalue weighted by molar-refractivity contribution is 0.255. The molecule has 182 valence electrons. The summed E-state index contributed by atoms with van der Waals surface area (Å²) < 4.78 is 25.9. The summed E-state index contributed by atoms with van der Waals surface area (Å²) in [6, 6.07) is 20.3. The van der Waals surface area contributed by atoms with Gasteiger partial charge in [-0.2, -0.15) is 0 Å². The van der Waals surface area contributed by atoms with Gasteiger partial charge in [0.15, 0.2) is 0 Å². The third kappa shape index (κ3) is 5.22. The molecule has 0 saturated carbocycles. The van der Waals surface area contributed by atoms with Crippen molar-refractivity contribution in [2.75, 3.05) is 32.5 Å². The minimum Gasteiger partial charge on any atom is -0.323 e. The van der Waals surface area contributed by atoms with Crippen molar-refractivity contribution in [3.05, 3.63) is 78.0 Å². The Bertz CT molecular complexity index is 1380. The Labute approximate surface area is 207 Å². The van der Waals surface area contributed by atoms with Gasteiger partial charge < -0.3 is 10.2 Å². The SMILES string of the molecule is CN1CCC(c2ccc(Nc3ncc4ccc(-c5ccccc5CN(C)[SH](=O)=O)n4n3)cc2)CC1. The molecule has 0 atom stereocenters. The fourth-order valence-corrected chi connectivity index (χ4v) is 4.95. The lowest BCUT2D eigenvalue weighted by Crippen LogP contribution is -2.29. The number of rotatable bonds is 7. The second-order valence-corrected chi connectivity index (χ2v) is 10.3. The van der Waals surface area contributed by atoms with Crippen LogP contribution in [-0.2, 0) is 17.4 Å². The summed E-state index contributed by atoms with van der Waals surface area (Å²) in [6.45, 7) is 2.58. The second kappa shape index (κ2) is 10.2. The molecule has 0 aliphatic carbocycles. The summed E-state index contributed by atoms with van der Waals surface area (Å²) in [5.74, 6) is 1.12. The van der Waals surface area contributed by atoms with E-state index in [1.54, 1.807) is 13.2 Å². The van der Waals surface area contributed by atoms with Crippen molar-refractivity contribution in [2.45, 2.75) is 25.3 Å². The summed E-state index contributed by atoms with van der Waals surface area (Å²) in [4.78, 5) is 6.87. The van der Waals surface area contributed by atoms with Crippen molar-refractivity contribution >= 4 is 28.0 Å². The van der Waals surface area contributed by atoms with Crippen molar-refractivity contribution in [1.82, 2.24) is 23.8 Å². The van der Waals surface area contributed by atoms with Crippen LogP contribution in [0.3, 0.4) is 0 Å². The molecule has 8 nitrogen and oxygen atoms in total. The molecule has 1 N–H and O–H groups in total. The maximum atomic E-state index is 11.4. The van der Waals surface area contributed by atoms with Crippen LogP contribution in [0.1, 0.15) is 29.9 Å². The van der Waals surface area contributed by atoms with Gasteiger partial charge in [0.2, 0.25) is 16.8 Å². The lowest BCUT2D eigenvalue weighted by atomic mass is 9.89. The first-order valence-electron chi connectivity index (χ1n) is 11.8. The van der Waals surface area contributed by atoms with E-state index in [0.29, 0.717) is 18.4 Å². The summed E-state index contributed by atoms with van der Waals surface area (Å²) in [7, 11) is 1.11. The molecule has 2 aromatic heterocycles. The Morgan fingerprint density at radius 2 is 1.77 bits per heavy atom. The quantitative estimate of drug-likeness (QED) is 0.382. The Morgan fingerprint density at radius 3 is 2.51 bits per heavy atom. The predicted octanol–water partition coefficient (Wildman–Crippen LogP) is 3.91. The van der Waals surface area contributed by atoms with Crippen LogP contribution in [0.15, 0.2) is 66.9 Å². The van der Waals surface area contributed by atoms with Crippen LogP contribution in [0, 0.1) is 0 Å². The van der Waals surface area contributed by atoms with E-state index in [9.17, 15) is 8.42 Å². The van der Waals surface area contributed by atoms with Crippen molar-refractivity contribution < 1.29 is 8.42 Å². The third-order valence-electron chi connectivity index (χ3n) is 6.73. The number of thiol groups is 1. The molecular formula is C26H30N6O2S. The van der Waals surface area contributed by atoms with Crippen molar-refractivity contribution in [3.8, 4) is 11.3 Å². The molecule has 35 heavy (non-hydrogen) atoms. The fraction of sp³-hybridized carbons (Fsp3) is 0.308. The van der Waals surface area contributed by atoms with Crippen LogP contribution < -0.4 is 5.32 Å². The highest BCUT2D eigenvalue weighted by Gasteiger charge is 2.18. The number of benzene rings is 2. The van der Waals surface area contributed by atoms with Gasteiger partial charge in [0.25, 0.3) is 0 Å². The average molecular weight is 491 g/mol. The third-order valence-corrected chi connectivity index (χ3v) is 7.43. The first-order chi connectivity index (χ1) is 17.0. The number of likely N-dealkylation sites (tertiary alicyclic amines) is 1. The summed E-state index contributed by atoms with van der Waals surface area (Å²) >= 11 is 0. The number of hydrogen-bond acceptors (Lipinski definition) is 6. The highest BCUT2D eigenvalue weighted by Crippen LogP contribution is 2.29. The van der Waals surface area contributed by atoms with Gasteiger partial charge in [0.1, 0.15) is 0 Å². The Morgan fingerprint density at radius 1 is 1.03 bits per heavy atom. The molecular weight excluding hydrogens is 460 g/mol. The summed E-state index contributed by atoms with van der Waals surface area (Å²) in [6.07, 6.45) is 4.18. The number of fused-ring (bicyclic) bond motifs is 1. The van der Waals surface area contributed by atoms with E-state index in [0.717, 1.165) is 41.1 Å². The van der Waals surface area contributed by atoms with Gasteiger partial charge in [0.05, 0.1) is 17.4 Å². The monoisotopic (exact) mass is 490 g/mol. The van der Waals surface area contributed by atoms with E-state index >= 15 is 0 Å². The molecule has 5 rings (SSSR count). The average Bonchev–Trinajstić information content (AvgIpc) is 3.28. The first kappa shape index (κ1) is 23.5. The molecule has 1 aliphatic heterocycles. The second-order valence-electron chi connectivity index (χ2n) is 9.17. The molecule has 0 radical (unpaired) electrons. The summed E-state index contributed by atoms with van der Waals surface area (Å²) in [5.41, 5.74) is 5.91. The van der Waals surface area contributed by atoms with Crippen molar-refractivity contribution in [3.63, 3.8) is 0 Å². The van der Waals surface area contributed by atoms with Crippen LogP contribution in [0.25, 0.3) is 16.8 Å². The molecule has 9 heteroatoms. The van der Waals surface area contributed by atoms with Gasteiger partial charge >= 0.3 is 0 Å². The highest BCUT2D eigenvalue weighted by molar-refractivity contribution is 7.69. The minimum atomic E-state index is -2.64. The molecule has 2 aromatic carbocycles. The van der Waals surface area contributed by atoms with Crippen LogP contribution in [0.2, 0.25) is 0 Å². The van der Waals surface area contributed by atoms with E-state index in [1.807, 2.05) is 40.9 Å². The van der Waals surface area contributed by atoms with Crippen molar-refractivity contribution in [1.29, 1.82) is 0 Å². The number of piperidine rings is 1. The normalized spacial score (nSPS) is 15.3. The largest absolute Gasteiger partial charge is 0.323 e. The molecule has 0 spiro atoms. The maximum Gasteiger partial charge on any atom is 0.245 e. The topological polar surface area (TPSA) is 82.8 Å². The van der Waals surface area contributed by atoms with E-state index < -0.39 is 10.9 Å². The lowest BCUT2D eigenvalue weighted by Gasteiger charge is -2.29. The molecule has 3 heterocycles. The van der Waals surface area contributed by atoms with Gasteiger partial charge in [-0.05, 0) is 74.3 Å². The zero-order chi connectivity index (χ0) is 24.4. The van der Waals surface area contributed by atoms with E-state index in [-0.39, 0.29) is 0 Å². The van der Waals surface area contributed by atoms with E-state index in [1.165, 1.54) is 22.7 Å². The Balaban J connectivity index is 1.39. The smallest absolute Gasteiger partial charge is 0.245 e. The zero-order valence-corrected chi connectivity index (χ0v) is 20.9. The van der Waals surface area contributed by atoms with Gasteiger partial charge in [0, 0.05) is 24.8 Å².